The molecule has 5 nitrogen and oxygen atoms in total. The zero-order chi connectivity index (χ0) is 18.3. The van der Waals surface area contributed by atoms with Crippen LogP contribution in [-0.2, 0) is 17.8 Å². The molecule has 0 amide bonds. The summed E-state index contributed by atoms with van der Waals surface area (Å²) in [6, 6.07) is 9.56. The highest BCUT2D eigenvalue weighted by atomic mass is 32.1. The van der Waals surface area contributed by atoms with Crippen molar-refractivity contribution >= 4 is 27.5 Å². The number of aryl methyl sites for hydroxylation is 1. The van der Waals surface area contributed by atoms with E-state index in [2.05, 4.69) is 6.58 Å². The minimum atomic E-state index is -0.868. The smallest absolute Gasteiger partial charge is 0.311 e. The van der Waals surface area contributed by atoms with Crippen LogP contribution in [0.25, 0.3) is 21.6 Å². The quantitative estimate of drug-likeness (QED) is 0.713. The van der Waals surface area contributed by atoms with Crippen LogP contribution in [0.1, 0.15) is 29.2 Å². The summed E-state index contributed by atoms with van der Waals surface area (Å²) in [6.07, 6.45) is 3.86. The fourth-order valence-electron chi connectivity index (χ4n) is 3.67. The second-order valence-corrected chi connectivity index (χ2v) is 7.49. The van der Waals surface area contributed by atoms with Gasteiger partial charge in [0.2, 0.25) is 0 Å². The predicted octanol–water partition coefficient (Wildman–Crippen LogP) is 3.82. The number of carbonyl (C=O) groups is 1. The number of hydrogen-bond donors (Lipinski definition) is 1. The van der Waals surface area contributed by atoms with Crippen LogP contribution in [0.15, 0.2) is 47.8 Å². The molecule has 2 aromatic heterocycles. The highest BCUT2D eigenvalue weighted by Crippen LogP contribution is 2.41. The number of carboxylic acid groups (broad SMARTS) is 1. The van der Waals surface area contributed by atoms with Crippen LogP contribution in [0.2, 0.25) is 0 Å². The fraction of sp³-hybridized carbons (Fsp3) is 0.250. The summed E-state index contributed by atoms with van der Waals surface area (Å²) in [5.74, 6) is -0.900. The number of fused-ring (bicyclic) bond motifs is 3. The summed E-state index contributed by atoms with van der Waals surface area (Å²) in [6.45, 7) is 4.08. The Hall–Kier alpha value is -2.73. The first-order valence-electron chi connectivity index (χ1n) is 8.57. The van der Waals surface area contributed by atoms with Gasteiger partial charge in [-0.1, -0.05) is 36.4 Å². The second kappa shape index (κ2) is 6.53. The molecule has 1 aliphatic carbocycles. The number of rotatable bonds is 4. The molecule has 1 aromatic carbocycles. The molecule has 3 aromatic rings. The lowest BCUT2D eigenvalue weighted by Crippen LogP contribution is -2.25. The van der Waals surface area contributed by atoms with E-state index in [1.165, 1.54) is 11.3 Å². The van der Waals surface area contributed by atoms with Crippen LogP contribution >= 0.6 is 11.3 Å². The molecule has 132 valence electrons. The van der Waals surface area contributed by atoms with E-state index >= 15 is 0 Å². The number of allylic oxidation sites excluding steroid dienone is 1. The van der Waals surface area contributed by atoms with Crippen LogP contribution < -0.4 is 5.56 Å². The third kappa shape index (κ3) is 2.57. The van der Waals surface area contributed by atoms with Crippen LogP contribution in [0.4, 0.5) is 0 Å². The topological polar surface area (TPSA) is 72.2 Å². The number of thiophene rings is 1. The first-order chi connectivity index (χ1) is 12.6. The van der Waals surface area contributed by atoms with Crippen LogP contribution in [0, 0.1) is 0 Å². The summed E-state index contributed by atoms with van der Waals surface area (Å²) in [7, 11) is 0. The van der Waals surface area contributed by atoms with E-state index in [-0.39, 0.29) is 5.56 Å². The molecule has 0 spiro atoms. The van der Waals surface area contributed by atoms with E-state index < -0.39 is 11.9 Å². The molecular weight excluding hydrogens is 348 g/mol. The van der Waals surface area contributed by atoms with Crippen molar-refractivity contribution in [3.63, 3.8) is 0 Å². The molecule has 0 saturated carbocycles. The van der Waals surface area contributed by atoms with Gasteiger partial charge in [0.15, 0.2) is 0 Å². The standard InChI is InChI=1S/C20H18N2O3S/c1-2-11-22-17(12-7-4-3-5-8-12)21-18-16(19(22)23)15-13(20(24)25)9-6-10-14(15)26-18/h2-5,7-8,13H,1,6,9-11H2,(H,24,25). The fourth-order valence-corrected chi connectivity index (χ4v) is 4.93. The summed E-state index contributed by atoms with van der Waals surface area (Å²) in [5.41, 5.74) is 1.35. The Balaban J connectivity index is 2.06. The minimum absolute atomic E-state index is 0.181. The van der Waals surface area contributed by atoms with E-state index in [1.54, 1.807) is 10.6 Å². The summed E-state index contributed by atoms with van der Waals surface area (Å²) in [4.78, 5) is 31.4. The SMILES string of the molecule is C=CCn1c(-c2ccccc2)nc2sc3c(c2c1=O)C(C(=O)O)CCC3. The summed E-state index contributed by atoms with van der Waals surface area (Å²) >= 11 is 1.46. The lowest BCUT2D eigenvalue weighted by atomic mass is 9.86. The Morgan fingerprint density at radius 2 is 2.15 bits per heavy atom. The van der Waals surface area contributed by atoms with E-state index in [1.807, 2.05) is 30.3 Å². The molecule has 0 bridgehead atoms. The third-order valence-electron chi connectivity index (χ3n) is 4.81. The van der Waals surface area contributed by atoms with Gasteiger partial charge in [0.25, 0.3) is 5.56 Å². The van der Waals surface area contributed by atoms with E-state index in [4.69, 9.17) is 4.98 Å². The van der Waals surface area contributed by atoms with Crippen molar-refractivity contribution in [2.75, 3.05) is 0 Å². The Kier molecular flexibility index (Phi) is 4.20. The van der Waals surface area contributed by atoms with Gasteiger partial charge < -0.3 is 5.11 Å². The molecule has 2 heterocycles. The van der Waals surface area contributed by atoms with E-state index in [0.29, 0.717) is 34.6 Å². The zero-order valence-corrected chi connectivity index (χ0v) is 15.0. The predicted molar refractivity (Wildman–Crippen MR) is 103 cm³/mol. The molecule has 0 radical (unpaired) electrons. The molecule has 0 saturated heterocycles. The molecule has 0 fully saturated rings. The molecule has 1 atom stereocenters. The summed E-state index contributed by atoms with van der Waals surface area (Å²) < 4.78 is 1.59. The lowest BCUT2D eigenvalue weighted by Gasteiger charge is -2.19. The van der Waals surface area contributed by atoms with Gasteiger partial charge in [0.05, 0.1) is 11.3 Å². The number of aliphatic carboxylic acids is 1. The number of aromatic nitrogens is 2. The Labute approximate surface area is 154 Å². The highest BCUT2D eigenvalue weighted by Gasteiger charge is 2.32. The average molecular weight is 366 g/mol. The lowest BCUT2D eigenvalue weighted by molar-refractivity contribution is -0.139. The normalized spacial score (nSPS) is 16.4. The monoisotopic (exact) mass is 366 g/mol. The van der Waals surface area contributed by atoms with Crippen molar-refractivity contribution in [1.29, 1.82) is 0 Å². The van der Waals surface area contributed by atoms with Gasteiger partial charge in [-0.15, -0.1) is 17.9 Å². The van der Waals surface area contributed by atoms with Crippen molar-refractivity contribution in [3.05, 3.63) is 63.8 Å². The molecule has 1 aliphatic rings. The van der Waals surface area contributed by atoms with Gasteiger partial charge in [-0.2, -0.15) is 0 Å². The van der Waals surface area contributed by atoms with E-state index in [0.717, 1.165) is 23.3 Å². The zero-order valence-electron chi connectivity index (χ0n) is 14.1. The molecule has 26 heavy (non-hydrogen) atoms. The van der Waals surface area contributed by atoms with Crippen molar-refractivity contribution < 1.29 is 9.90 Å². The first kappa shape index (κ1) is 16.7. The number of nitrogens with zero attached hydrogens (tertiary/aromatic N) is 2. The molecular formula is C20H18N2O3S. The van der Waals surface area contributed by atoms with Crippen molar-refractivity contribution in [1.82, 2.24) is 9.55 Å². The van der Waals surface area contributed by atoms with Gasteiger partial charge in [0.1, 0.15) is 10.7 Å². The number of carboxylic acids is 1. The van der Waals surface area contributed by atoms with Gasteiger partial charge >= 0.3 is 5.97 Å². The summed E-state index contributed by atoms with van der Waals surface area (Å²) in [5, 5.41) is 10.1. The van der Waals surface area contributed by atoms with Crippen LogP contribution in [-0.4, -0.2) is 20.6 Å². The van der Waals surface area contributed by atoms with E-state index in [9.17, 15) is 14.7 Å². The second-order valence-electron chi connectivity index (χ2n) is 6.41. The Morgan fingerprint density at radius 1 is 1.38 bits per heavy atom. The maximum absolute atomic E-state index is 13.3. The van der Waals surface area contributed by atoms with Gasteiger partial charge in [-0.05, 0) is 24.8 Å². The first-order valence-corrected chi connectivity index (χ1v) is 9.38. The largest absolute Gasteiger partial charge is 0.481 e. The van der Waals surface area contributed by atoms with Crippen molar-refractivity contribution in [2.45, 2.75) is 31.7 Å². The maximum Gasteiger partial charge on any atom is 0.311 e. The molecule has 1 N–H and O–H groups in total. The maximum atomic E-state index is 13.3. The van der Waals surface area contributed by atoms with Crippen molar-refractivity contribution in [3.8, 4) is 11.4 Å². The Morgan fingerprint density at radius 3 is 2.85 bits per heavy atom. The third-order valence-corrected chi connectivity index (χ3v) is 5.97. The molecule has 1 unspecified atom stereocenters. The number of benzene rings is 1. The van der Waals surface area contributed by atoms with Crippen molar-refractivity contribution in [2.24, 2.45) is 0 Å². The highest BCUT2D eigenvalue weighted by molar-refractivity contribution is 7.18. The number of hydrogen-bond acceptors (Lipinski definition) is 4. The molecule has 0 aliphatic heterocycles. The van der Waals surface area contributed by atoms with Gasteiger partial charge in [-0.3, -0.25) is 14.2 Å². The van der Waals surface area contributed by atoms with Gasteiger partial charge in [-0.25, -0.2) is 4.98 Å². The Bertz CT molecular complexity index is 1070. The average Bonchev–Trinajstić information content (AvgIpc) is 3.03. The minimum Gasteiger partial charge on any atom is -0.481 e. The molecule has 4 rings (SSSR count). The molecule has 6 heteroatoms. The van der Waals surface area contributed by atoms with Gasteiger partial charge in [0, 0.05) is 17.0 Å². The van der Waals surface area contributed by atoms with Crippen LogP contribution in [0.5, 0.6) is 0 Å². The van der Waals surface area contributed by atoms with Crippen LogP contribution in [0.3, 0.4) is 0 Å².